The molecule has 0 aliphatic carbocycles. The number of aliphatic hydroxyl groups is 2. The summed E-state index contributed by atoms with van der Waals surface area (Å²) in [6, 6.07) is 12.6. The minimum Gasteiger partial charge on any atom is -0.445 e. The van der Waals surface area contributed by atoms with E-state index in [0.29, 0.717) is 24.8 Å². The number of carbonyl (C=O) groups is 7. The number of aryl methyl sites for hydroxylation is 1. The largest absolute Gasteiger partial charge is 0.445 e. The third-order valence-electron chi connectivity index (χ3n) is 8.95. The second-order valence-corrected chi connectivity index (χ2v) is 13.5. The van der Waals surface area contributed by atoms with Crippen molar-refractivity contribution in [2.75, 3.05) is 26.3 Å². The van der Waals surface area contributed by atoms with Crippen LogP contribution >= 0.6 is 0 Å². The third kappa shape index (κ3) is 17.0. The number of unbranched alkanes of at least 4 members (excludes halogenated alkanes) is 3. The van der Waals surface area contributed by atoms with Gasteiger partial charge in [0.25, 0.3) is 0 Å². The van der Waals surface area contributed by atoms with Crippen molar-refractivity contribution < 1.29 is 48.5 Å². The van der Waals surface area contributed by atoms with Gasteiger partial charge in [-0.25, -0.2) is 4.79 Å². The molecule has 0 aliphatic heterocycles. The molecule has 2 rings (SSSR count). The van der Waals surface area contributed by atoms with Crippen molar-refractivity contribution in [1.82, 2.24) is 31.9 Å². The average Bonchev–Trinajstić information content (AvgIpc) is 3.20. The van der Waals surface area contributed by atoms with Crippen LogP contribution in [0, 0.1) is 11.8 Å². The average molecular weight is 784 g/mol. The summed E-state index contributed by atoms with van der Waals surface area (Å²) in [5, 5.41) is 34.3. The van der Waals surface area contributed by atoms with Gasteiger partial charge >= 0.3 is 6.09 Å². The van der Waals surface area contributed by atoms with E-state index in [1.165, 1.54) is 26.3 Å². The Balaban J connectivity index is 1.78. The smallest absolute Gasteiger partial charge is 0.408 e. The summed E-state index contributed by atoms with van der Waals surface area (Å²) in [6.07, 6.45) is 4.14. The van der Waals surface area contributed by atoms with Crippen LogP contribution in [0.1, 0.15) is 57.6 Å². The lowest BCUT2D eigenvalue weighted by Crippen LogP contribution is -2.58. The number of nitrogens with one attached hydrogen (secondary N) is 6. The third-order valence-corrected chi connectivity index (χ3v) is 8.95. The Morgan fingerprint density at radius 3 is 1.88 bits per heavy atom. The summed E-state index contributed by atoms with van der Waals surface area (Å²) in [7, 11) is 0. The highest BCUT2D eigenvalue weighted by Gasteiger charge is 2.32. The molecule has 0 fully saturated rings. The van der Waals surface area contributed by atoms with Crippen LogP contribution in [0.5, 0.6) is 0 Å². The van der Waals surface area contributed by atoms with Gasteiger partial charge in [-0.3, -0.25) is 24.0 Å². The first-order chi connectivity index (χ1) is 26.8. The molecular formula is C39H57N7O10. The highest BCUT2D eigenvalue weighted by Crippen LogP contribution is 2.09. The Kier molecular flexibility index (Phi) is 21.4. The van der Waals surface area contributed by atoms with Crippen LogP contribution in [0.3, 0.4) is 0 Å². The van der Waals surface area contributed by atoms with Crippen LogP contribution in [0.4, 0.5) is 4.79 Å². The Morgan fingerprint density at radius 1 is 0.679 bits per heavy atom. The fourth-order valence-corrected chi connectivity index (χ4v) is 5.33. The molecular weight excluding hydrogens is 726 g/mol. The monoisotopic (exact) mass is 783 g/mol. The fraction of sp³-hybridized carbons (Fsp3) is 0.513. The first-order valence-electron chi connectivity index (χ1n) is 18.7. The summed E-state index contributed by atoms with van der Waals surface area (Å²) in [4.78, 5) is 87.9. The molecule has 17 nitrogen and oxygen atoms in total. The van der Waals surface area contributed by atoms with Crippen molar-refractivity contribution in [2.24, 2.45) is 17.6 Å². The van der Waals surface area contributed by atoms with Gasteiger partial charge in [-0.2, -0.15) is 0 Å². The second kappa shape index (κ2) is 25.6. The van der Waals surface area contributed by atoms with E-state index in [4.69, 9.17) is 10.5 Å². The van der Waals surface area contributed by atoms with E-state index < -0.39 is 90.9 Å². The number of rotatable bonds is 25. The van der Waals surface area contributed by atoms with Crippen LogP contribution in [-0.4, -0.2) is 109 Å². The molecule has 7 atom stereocenters. The van der Waals surface area contributed by atoms with Crippen molar-refractivity contribution >= 4 is 41.9 Å². The van der Waals surface area contributed by atoms with Crippen molar-refractivity contribution in [3.8, 4) is 0 Å². The highest BCUT2D eigenvalue weighted by molar-refractivity contribution is 5.94. The van der Waals surface area contributed by atoms with E-state index in [0.717, 1.165) is 25.7 Å². The minimum atomic E-state index is -1.43. The van der Waals surface area contributed by atoms with Gasteiger partial charge in [0, 0.05) is 31.5 Å². The van der Waals surface area contributed by atoms with E-state index in [1.807, 2.05) is 18.2 Å². The zero-order valence-corrected chi connectivity index (χ0v) is 32.2. The number of aldehydes is 1. The van der Waals surface area contributed by atoms with E-state index >= 15 is 0 Å². The number of benzene rings is 2. The van der Waals surface area contributed by atoms with Crippen molar-refractivity contribution in [2.45, 2.75) is 89.7 Å². The molecule has 6 amide bonds. The van der Waals surface area contributed by atoms with E-state index in [9.17, 15) is 43.8 Å². The molecule has 17 heteroatoms. The van der Waals surface area contributed by atoms with Crippen molar-refractivity contribution in [1.29, 1.82) is 0 Å². The number of alkyl carbamates (subject to hydrolysis) is 1. The molecule has 0 aromatic heterocycles. The van der Waals surface area contributed by atoms with Crippen molar-refractivity contribution in [3.05, 3.63) is 71.8 Å². The number of carbonyl (C=O) groups excluding carboxylic acids is 7. The SMILES string of the molecule is CC(C=O)[C@H](NC(=O)[C@@H](N)C(CO)CNC(=O)[C@H](C)NC(=O)[C@H](C)NC(=O)[C@@H](CO)NC(=O)OCc1ccccc1)C(=O)NCCCCCCc1ccccc1. The van der Waals surface area contributed by atoms with Crippen LogP contribution in [-0.2, 0) is 46.5 Å². The fourth-order valence-electron chi connectivity index (χ4n) is 5.33. The molecule has 10 N–H and O–H groups in total. The Hall–Kier alpha value is -5.39. The minimum absolute atomic E-state index is 0.0692. The topological polar surface area (TPSA) is 267 Å². The molecule has 0 spiro atoms. The predicted molar refractivity (Wildman–Crippen MR) is 206 cm³/mol. The number of hydrogen-bond donors (Lipinski definition) is 9. The Bertz CT molecular complexity index is 1550. The van der Waals surface area contributed by atoms with Gasteiger partial charge in [-0.1, -0.05) is 80.4 Å². The van der Waals surface area contributed by atoms with Crippen LogP contribution in [0.25, 0.3) is 0 Å². The first-order valence-corrected chi connectivity index (χ1v) is 18.7. The molecule has 0 saturated carbocycles. The standard InChI is InChI=1S/C39H57N7O10/c1-25(21-47)33(38(54)41-19-13-5-4-8-14-28-15-9-6-10-16-28)46-37(53)32(40)30(22-48)20-42-34(50)26(2)43-35(51)27(3)44-36(52)31(23-49)45-39(55)56-24-29-17-11-7-12-18-29/h6-7,9-12,15-18,21,25-27,30-33,48-49H,4-5,8,13-14,19-20,22-24,40H2,1-3H3,(H,41,54)(H,42,50)(H,43,51)(H,44,52)(H,45,55)(H,46,53)/t25?,26-,27-,30?,31+,32-,33-/m0/s1. The molecule has 2 aromatic carbocycles. The van der Waals surface area contributed by atoms with Gasteiger partial charge in [0.05, 0.1) is 12.6 Å². The second-order valence-electron chi connectivity index (χ2n) is 13.5. The molecule has 0 aliphatic rings. The number of ether oxygens (including phenoxy) is 1. The Morgan fingerprint density at radius 2 is 1.27 bits per heavy atom. The molecule has 2 unspecified atom stereocenters. The van der Waals surface area contributed by atoms with E-state index in [-0.39, 0.29) is 13.2 Å². The lowest BCUT2D eigenvalue weighted by Gasteiger charge is -2.26. The summed E-state index contributed by atoms with van der Waals surface area (Å²) >= 11 is 0. The molecule has 0 saturated heterocycles. The zero-order valence-electron chi connectivity index (χ0n) is 32.2. The van der Waals surface area contributed by atoms with Gasteiger partial charge in [-0.05, 0) is 44.2 Å². The lowest BCUT2D eigenvalue weighted by atomic mass is 9.97. The Labute approximate surface area is 327 Å². The molecule has 0 bridgehead atoms. The summed E-state index contributed by atoms with van der Waals surface area (Å²) in [5.41, 5.74) is 8.08. The summed E-state index contributed by atoms with van der Waals surface area (Å²) in [6.45, 7) is 2.75. The maximum atomic E-state index is 13.1. The van der Waals surface area contributed by atoms with Crippen molar-refractivity contribution in [3.63, 3.8) is 0 Å². The first kappa shape index (κ1) is 46.8. The predicted octanol–water partition coefficient (Wildman–Crippen LogP) is -0.426. The van der Waals surface area contributed by atoms with Gasteiger partial charge < -0.3 is 57.4 Å². The highest BCUT2D eigenvalue weighted by atomic mass is 16.5. The lowest BCUT2D eigenvalue weighted by molar-refractivity contribution is -0.133. The van der Waals surface area contributed by atoms with Gasteiger partial charge in [0.1, 0.15) is 37.1 Å². The number of nitrogens with two attached hydrogens (primary N) is 1. The number of hydrogen-bond acceptors (Lipinski definition) is 11. The molecule has 0 heterocycles. The number of amides is 6. The quantitative estimate of drug-likeness (QED) is 0.0461. The normalized spacial score (nSPS) is 14.6. The van der Waals surface area contributed by atoms with E-state index in [2.05, 4.69) is 44.0 Å². The van der Waals surface area contributed by atoms with Crippen LogP contribution in [0.15, 0.2) is 60.7 Å². The van der Waals surface area contributed by atoms with Crippen LogP contribution < -0.4 is 37.6 Å². The summed E-state index contributed by atoms with van der Waals surface area (Å²) in [5.74, 6) is -5.61. The van der Waals surface area contributed by atoms with E-state index in [1.54, 1.807) is 30.3 Å². The molecule has 56 heavy (non-hydrogen) atoms. The van der Waals surface area contributed by atoms with Gasteiger partial charge in [-0.15, -0.1) is 0 Å². The van der Waals surface area contributed by atoms with Gasteiger partial charge in [0.2, 0.25) is 29.5 Å². The van der Waals surface area contributed by atoms with Crippen LogP contribution in [0.2, 0.25) is 0 Å². The molecule has 2 aromatic rings. The maximum Gasteiger partial charge on any atom is 0.408 e. The maximum absolute atomic E-state index is 13.1. The molecule has 0 radical (unpaired) electrons. The zero-order chi connectivity index (χ0) is 41.5. The van der Waals surface area contributed by atoms with Gasteiger partial charge in [0.15, 0.2) is 0 Å². The summed E-state index contributed by atoms with van der Waals surface area (Å²) < 4.78 is 5.05. The number of aliphatic hydroxyl groups excluding tert-OH is 2. The molecule has 308 valence electrons.